The Morgan fingerprint density at radius 1 is 1.33 bits per heavy atom. The van der Waals surface area contributed by atoms with Crippen molar-refractivity contribution in [2.75, 3.05) is 0 Å². The van der Waals surface area contributed by atoms with Gasteiger partial charge in [-0.1, -0.05) is 6.92 Å². The fourth-order valence-corrected chi connectivity index (χ4v) is 2.69. The van der Waals surface area contributed by atoms with Gasteiger partial charge in [0.05, 0.1) is 11.5 Å². The average Bonchev–Trinajstić information content (AvgIpc) is 2.37. The van der Waals surface area contributed by atoms with Crippen molar-refractivity contribution in [3.05, 3.63) is 35.4 Å². The molecular formula is C15H17F2N. The van der Waals surface area contributed by atoms with Crippen molar-refractivity contribution in [3.63, 3.8) is 0 Å². The maximum absolute atomic E-state index is 13.6. The van der Waals surface area contributed by atoms with E-state index in [1.807, 2.05) is 0 Å². The summed E-state index contributed by atoms with van der Waals surface area (Å²) in [5, 5.41) is 9.38. The van der Waals surface area contributed by atoms with Crippen molar-refractivity contribution >= 4 is 0 Å². The second kappa shape index (κ2) is 5.06. The van der Waals surface area contributed by atoms with E-state index in [-0.39, 0.29) is 0 Å². The Balaban J connectivity index is 2.21. The Kier molecular flexibility index (Phi) is 3.65. The predicted octanol–water partition coefficient (Wildman–Crippen LogP) is 4.23. The first-order valence-corrected chi connectivity index (χ1v) is 6.40. The van der Waals surface area contributed by atoms with Crippen LogP contribution >= 0.6 is 0 Å². The molecule has 1 aromatic carbocycles. The summed E-state index contributed by atoms with van der Waals surface area (Å²) in [7, 11) is 0. The van der Waals surface area contributed by atoms with E-state index >= 15 is 0 Å². The number of hydrogen-bond donors (Lipinski definition) is 0. The van der Waals surface area contributed by atoms with E-state index in [1.165, 1.54) is 6.07 Å². The Morgan fingerprint density at radius 3 is 2.61 bits per heavy atom. The van der Waals surface area contributed by atoms with Gasteiger partial charge in [-0.25, -0.2) is 8.78 Å². The minimum absolute atomic E-state index is 0.319. The third kappa shape index (κ3) is 2.69. The van der Waals surface area contributed by atoms with Crippen LogP contribution in [0.3, 0.4) is 0 Å². The highest BCUT2D eigenvalue weighted by Crippen LogP contribution is 2.41. The van der Waals surface area contributed by atoms with Crippen LogP contribution in [-0.4, -0.2) is 0 Å². The predicted molar refractivity (Wildman–Crippen MR) is 65.7 cm³/mol. The monoisotopic (exact) mass is 249 g/mol. The van der Waals surface area contributed by atoms with E-state index in [1.54, 1.807) is 0 Å². The zero-order valence-corrected chi connectivity index (χ0v) is 10.5. The Labute approximate surface area is 106 Å². The molecule has 0 radical (unpaired) electrons. The van der Waals surface area contributed by atoms with E-state index in [0.29, 0.717) is 17.9 Å². The van der Waals surface area contributed by atoms with Crippen LogP contribution in [0, 0.1) is 34.3 Å². The van der Waals surface area contributed by atoms with Crippen LogP contribution in [0.4, 0.5) is 8.78 Å². The van der Waals surface area contributed by atoms with Gasteiger partial charge in [0.15, 0.2) is 0 Å². The van der Waals surface area contributed by atoms with Gasteiger partial charge in [0.2, 0.25) is 0 Å². The van der Waals surface area contributed by atoms with Crippen LogP contribution in [0.2, 0.25) is 0 Å². The smallest absolute Gasteiger partial charge is 0.126 e. The van der Waals surface area contributed by atoms with Crippen LogP contribution in [0.15, 0.2) is 18.2 Å². The molecule has 0 aliphatic heterocycles. The molecule has 0 heterocycles. The number of hydrogen-bond acceptors (Lipinski definition) is 1. The summed E-state index contributed by atoms with van der Waals surface area (Å²) in [4.78, 5) is 0. The first-order valence-electron chi connectivity index (χ1n) is 6.40. The van der Waals surface area contributed by atoms with Crippen LogP contribution < -0.4 is 0 Å². The van der Waals surface area contributed by atoms with Gasteiger partial charge in [0, 0.05) is 0 Å². The Bertz CT molecular complexity index is 468. The minimum Gasteiger partial charge on any atom is -0.207 e. The molecule has 96 valence electrons. The SMILES string of the molecule is CC1CCC(C#N)(Cc2cc(F)ccc2F)CC1. The molecule has 0 saturated heterocycles. The summed E-state index contributed by atoms with van der Waals surface area (Å²) in [6.45, 7) is 2.17. The first-order chi connectivity index (χ1) is 8.54. The van der Waals surface area contributed by atoms with E-state index < -0.39 is 17.0 Å². The van der Waals surface area contributed by atoms with Gasteiger partial charge in [-0.3, -0.25) is 0 Å². The fraction of sp³-hybridized carbons (Fsp3) is 0.533. The number of halogens is 2. The molecule has 1 saturated carbocycles. The fourth-order valence-electron chi connectivity index (χ4n) is 2.69. The van der Waals surface area contributed by atoms with Gasteiger partial charge >= 0.3 is 0 Å². The molecule has 2 rings (SSSR count). The summed E-state index contributed by atoms with van der Waals surface area (Å²) in [6.07, 6.45) is 3.86. The van der Waals surface area contributed by atoms with Gasteiger partial charge in [-0.15, -0.1) is 0 Å². The Morgan fingerprint density at radius 2 is 2.00 bits per heavy atom. The molecule has 18 heavy (non-hydrogen) atoms. The van der Waals surface area contributed by atoms with Crippen molar-refractivity contribution in [2.45, 2.75) is 39.0 Å². The largest absolute Gasteiger partial charge is 0.207 e. The maximum Gasteiger partial charge on any atom is 0.126 e. The molecule has 0 spiro atoms. The highest BCUT2D eigenvalue weighted by Gasteiger charge is 2.35. The lowest BCUT2D eigenvalue weighted by Crippen LogP contribution is -2.28. The van der Waals surface area contributed by atoms with Crippen LogP contribution in [0.5, 0.6) is 0 Å². The maximum atomic E-state index is 13.6. The molecule has 1 aliphatic rings. The topological polar surface area (TPSA) is 23.8 Å². The number of rotatable bonds is 2. The van der Waals surface area contributed by atoms with Crippen molar-refractivity contribution < 1.29 is 8.78 Å². The molecular weight excluding hydrogens is 232 g/mol. The van der Waals surface area contributed by atoms with Crippen LogP contribution in [-0.2, 0) is 6.42 Å². The summed E-state index contributed by atoms with van der Waals surface area (Å²) in [6, 6.07) is 5.81. The summed E-state index contributed by atoms with van der Waals surface area (Å²) >= 11 is 0. The number of benzene rings is 1. The van der Waals surface area contributed by atoms with E-state index in [4.69, 9.17) is 0 Å². The van der Waals surface area contributed by atoms with Crippen molar-refractivity contribution in [3.8, 4) is 6.07 Å². The molecule has 0 bridgehead atoms. The molecule has 1 fully saturated rings. The lowest BCUT2D eigenvalue weighted by molar-refractivity contribution is 0.217. The van der Waals surface area contributed by atoms with Gasteiger partial charge in [0.1, 0.15) is 11.6 Å². The minimum atomic E-state index is -0.513. The first kappa shape index (κ1) is 13.0. The molecule has 1 nitrogen and oxygen atoms in total. The van der Waals surface area contributed by atoms with Gasteiger partial charge < -0.3 is 0 Å². The lowest BCUT2D eigenvalue weighted by atomic mass is 9.69. The second-order valence-electron chi connectivity index (χ2n) is 5.49. The van der Waals surface area contributed by atoms with Crippen molar-refractivity contribution in [1.82, 2.24) is 0 Å². The quantitative estimate of drug-likeness (QED) is 0.769. The third-order valence-electron chi connectivity index (χ3n) is 4.01. The van der Waals surface area contributed by atoms with Crippen molar-refractivity contribution in [2.24, 2.45) is 11.3 Å². The Hall–Kier alpha value is -1.43. The number of nitriles is 1. The van der Waals surface area contributed by atoms with E-state index in [0.717, 1.165) is 37.8 Å². The van der Waals surface area contributed by atoms with Crippen LogP contribution in [0.1, 0.15) is 38.2 Å². The standard InChI is InChI=1S/C15H17F2N/c1-11-4-6-15(10-18,7-5-11)9-12-8-13(16)2-3-14(12)17/h2-3,8,11H,4-7,9H2,1H3. The van der Waals surface area contributed by atoms with E-state index in [2.05, 4.69) is 13.0 Å². The second-order valence-corrected chi connectivity index (χ2v) is 5.49. The lowest BCUT2D eigenvalue weighted by Gasteiger charge is -2.33. The van der Waals surface area contributed by atoms with Gasteiger partial charge in [0.25, 0.3) is 0 Å². The summed E-state index contributed by atoms with van der Waals surface area (Å²) in [5.41, 5.74) is -0.188. The van der Waals surface area contributed by atoms with E-state index in [9.17, 15) is 14.0 Å². The molecule has 1 aliphatic carbocycles. The summed E-state index contributed by atoms with van der Waals surface area (Å²) in [5.74, 6) is -0.225. The number of nitrogens with zero attached hydrogens (tertiary/aromatic N) is 1. The third-order valence-corrected chi connectivity index (χ3v) is 4.01. The normalized spacial score (nSPS) is 27.8. The van der Waals surface area contributed by atoms with Crippen molar-refractivity contribution in [1.29, 1.82) is 5.26 Å². The van der Waals surface area contributed by atoms with Gasteiger partial charge in [-0.2, -0.15) is 5.26 Å². The highest BCUT2D eigenvalue weighted by molar-refractivity contribution is 5.22. The zero-order valence-electron chi connectivity index (χ0n) is 10.5. The molecule has 3 heteroatoms. The summed E-state index contributed by atoms with van der Waals surface area (Å²) < 4.78 is 26.8. The molecule has 0 atom stereocenters. The molecule has 1 aromatic rings. The average molecular weight is 249 g/mol. The highest BCUT2D eigenvalue weighted by atomic mass is 19.1. The molecule has 0 aromatic heterocycles. The molecule has 0 amide bonds. The molecule has 0 unspecified atom stereocenters. The molecule has 0 N–H and O–H groups in total. The zero-order chi connectivity index (χ0) is 13.2. The van der Waals surface area contributed by atoms with Gasteiger partial charge in [-0.05, 0) is 61.8 Å². The van der Waals surface area contributed by atoms with Crippen LogP contribution in [0.25, 0.3) is 0 Å².